The normalized spacial score (nSPS) is 19.6. The van der Waals surface area contributed by atoms with Crippen LogP contribution in [0.1, 0.15) is 35.3 Å². The fraction of sp³-hybridized carbons (Fsp3) is 0.333. The number of nitrogens with zero attached hydrogens (tertiary/aromatic N) is 3. The summed E-state index contributed by atoms with van der Waals surface area (Å²) in [6, 6.07) is 8.88. The highest BCUT2D eigenvalue weighted by atomic mass is 19.1. The fourth-order valence-corrected chi connectivity index (χ4v) is 4.87. The van der Waals surface area contributed by atoms with Crippen LogP contribution in [0.4, 0.5) is 8.78 Å². The maximum absolute atomic E-state index is 14.4. The van der Waals surface area contributed by atoms with Crippen LogP contribution in [-0.4, -0.2) is 45.5 Å². The molecule has 3 aromatic rings. The van der Waals surface area contributed by atoms with Gasteiger partial charge in [0, 0.05) is 55.7 Å². The Morgan fingerprint density at radius 2 is 2.03 bits per heavy atom. The Morgan fingerprint density at radius 3 is 2.78 bits per heavy atom. The van der Waals surface area contributed by atoms with Crippen LogP contribution < -0.4 is 4.74 Å². The van der Waals surface area contributed by atoms with E-state index in [1.807, 2.05) is 24.3 Å². The molecule has 6 nitrogen and oxygen atoms in total. The first kappa shape index (κ1) is 20.6. The standard InChI is InChI=1S/C24H23F2N3O3/c1-13(30)28-7-6-21-19(12-28)23(14-4-3-5-16(8-14)32-2)27-29(21)24-18-9-15(25)10-20(26)17(18)11-22(24)31/h3-5,8-10,22,24,31H,6-7,11-12H2,1-2H3/t22-,24+/m0/s1. The van der Waals surface area contributed by atoms with Crippen LogP contribution in [0.25, 0.3) is 11.3 Å². The molecule has 0 saturated carbocycles. The third-order valence-corrected chi connectivity index (χ3v) is 6.43. The van der Waals surface area contributed by atoms with Gasteiger partial charge >= 0.3 is 0 Å². The first-order valence-corrected chi connectivity index (χ1v) is 10.5. The smallest absolute Gasteiger partial charge is 0.219 e. The van der Waals surface area contributed by atoms with E-state index < -0.39 is 23.8 Å². The molecule has 2 aliphatic rings. The van der Waals surface area contributed by atoms with Gasteiger partial charge in [-0.25, -0.2) is 8.78 Å². The number of aromatic nitrogens is 2. The van der Waals surface area contributed by atoms with Gasteiger partial charge in [0.15, 0.2) is 0 Å². The molecule has 32 heavy (non-hydrogen) atoms. The molecule has 1 aliphatic carbocycles. The van der Waals surface area contributed by atoms with Crippen molar-refractivity contribution < 1.29 is 23.4 Å². The zero-order valence-electron chi connectivity index (χ0n) is 17.8. The number of ether oxygens (including phenoxy) is 1. The van der Waals surface area contributed by atoms with Crippen molar-refractivity contribution in [2.24, 2.45) is 0 Å². The Kier molecular flexibility index (Phi) is 4.97. The molecule has 2 heterocycles. The summed E-state index contributed by atoms with van der Waals surface area (Å²) in [5.74, 6) is -0.703. The summed E-state index contributed by atoms with van der Waals surface area (Å²) in [6.45, 7) is 2.42. The second-order valence-electron chi connectivity index (χ2n) is 8.31. The molecule has 0 spiro atoms. The Hall–Kier alpha value is -3.26. The molecule has 1 aliphatic heterocycles. The van der Waals surface area contributed by atoms with Gasteiger partial charge in [-0.15, -0.1) is 0 Å². The monoisotopic (exact) mass is 439 g/mol. The van der Waals surface area contributed by atoms with Crippen LogP contribution in [0.15, 0.2) is 36.4 Å². The summed E-state index contributed by atoms with van der Waals surface area (Å²) in [4.78, 5) is 13.8. The van der Waals surface area contributed by atoms with E-state index in [1.165, 1.54) is 13.0 Å². The van der Waals surface area contributed by atoms with Gasteiger partial charge in [-0.3, -0.25) is 9.48 Å². The predicted octanol–water partition coefficient (Wildman–Crippen LogP) is 3.25. The Labute approximate surface area is 184 Å². The van der Waals surface area contributed by atoms with E-state index in [0.29, 0.717) is 42.1 Å². The molecule has 2 atom stereocenters. The van der Waals surface area contributed by atoms with Crippen LogP contribution in [0, 0.1) is 11.6 Å². The predicted molar refractivity (Wildman–Crippen MR) is 113 cm³/mol. The van der Waals surface area contributed by atoms with Gasteiger partial charge in [-0.05, 0) is 29.3 Å². The van der Waals surface area contributed by atoms with Crippen LogP contribution >= 0.6 is 0 Å². The summed E-state index contributed by atoms with van der Waals surface area (Å²) in [5.41, 5.74) is 3.94. The van der Waals surface area contributed by atoms with Crippen molar-refractivity contribution in [2.45, 2.75) is 38.5 Å². The van der Waals surface area contributed by atoms with E-state index in [-0.39, 0.29) is 12.3 Å². The van der Waals surface area contributed by atoms with Gasteiger partial charge in [-0.2, -0.15) is 5.10 Å². The van der Waals surface area contributed by atoms with Gasteiger partial charge in [0.05, 0.1) is 18.9 Å². The van der Waals surface area contributed by atoms with Crippen molar-refractivity contribution in [3.8, 4) is 17.0 Å². The zero-order chi connectivity index (χ0) is 22.6. The van der Waals surface area contributed by atoms with E-state index >= 15 is 0 Å². The second-order valence-corrected chi connectivity index (χ2v) is 8.31. The van der Waals surface area contributed by atoms with Crippen LogP contribution in [-0.2, 0) is 24.2 Å². The zero-order valence-corrected chi connectivity index (χ0v) is 17.8. The van der Waals surface area contributed by atoms with Crippen LogP contribution in [0.3, 0.4) is 0 Å². The van der Waals surface area contributed by atoms with Crippen molar-refractivity contribution in [3.05, 3.63) is 70.4 Å². The molecule has 0 fully saturated rings. The minimum absolute atomic E-state index is 0.0321. The van der Waals surface area contributed by atoms with E-state index in [0.717, 1.165) is 22.9 Å². The number of carbonyl (C=O) groups is 1. The SMILES string of the molecule is COc1cccc(-c2nn([C@@H]3c4cc(F)cc(F)c4C[C@@H]3O)c3c2CN(C(C)=O)CC3)c1. The number of aliphatic hydroxyl groups is 1. The number of fused-ring (bicyclic) bond motifs is 2. The Bertz CT molecular complexity index is 1220. The second kappa shape index (κ2) is 7.70. The number of methoxy groups -OCH3 is 1. The molecule has 0 saturated heterocycles. The molecule has 0 bridgehead atoms. The highest BCUT2D eigenvalue weighted by Crippen LogP contribution is 2.40. The molecule has 166 valence electrons. The molecule has 2 aromatic carbocycles. The topological polar surface area (TPSA) is 67.6 Å². The summed E-state index contributed by atoms with van der Waals surface area (Å²) in [5, 5.41) is 15.7. The Balaban J connectivity index is 1.69. The highest BCUT2D eigenvalue weighted by Gasteiger charge is 2.39. The van der Waals surface area contributed by atoms with Crippen molar-refractivity contribution in [1.29, 1.82) is 0 Å². The van der Waals surface area contributed by atoms with Crippen molar-refractivity contribution >= 4 is 5.91 Å². The summed E-state index contributed by atoms with van der Waals surface area (Å²) < 4.78 is 35.5. The van der Waals surface area contributed by atoms with Crippen LogP contribution in [0.5, 0.6) is 5.75 Å². The molecule has 5 rings (SSSR count). The van der Waals surface area contributed by atoms with Crippen molar-refractivity contribution in [3.63, 3.8) is 0 Å². The summed E-state index contributed by atoms with van der Waals surface area (Å²) >= 11 is 0. The molecule has 8 heteroatoms. The lowest BCUT2D eigenvalue weighted by Gasteiger charge is -2.28. The van der Waals surface area contributed by atoms with Gasteiger partial charge in [0.1, 0.15) is 23.4 Å². The number of carbonyl (C=O) groups excluding carboxylic acids is 1. The molecule has 0 unspecified atom stereocenters. The first-order valence-electron chi connectivity index (χ1n) is 10.5. The van der Waals surface area contributed by atoms with Crippen molar-refractivity contribution in [1.82, 2.24) is 14.7 Å². The lowest BCUT2D eigenvalue weighted by atomic mass is 9.99. The number of halogens is 2. The van der Waals surface area contributed by atoms with Crippen molar-refractivity contribution in [2.75, 3.05) is 13.7 Å². The van der Waals surface area contributed by atoms with Gasteiger partial charge in [0.25, 0.3) is 0 Å². The van der Waals surface area contributed by atoms with E-state index in [4.69, 9.17) is 9.84 Å². The largest absolute Gasteiger partial charge is 0.497 e. The number of aliphatic hydroxyl groups excluding tert-OH is 1. The lowest BCUT2D eigenvalue weighted by molar-refractivity contribution is -0.129. The van der Waals surface area contributed by atoms with E-state index in [2.05, 4.69) is 0 Å². The molecule has 0 radical (unpaired) electrons. The highest BCUT2D eigenvalue weighted by molar-refractivity contribution is 5.75. The third kappa shape index (κ3) is 3.26. The Morgan fingerprint density at radius 1 is 1.22 bits per heavy atom. The molecule has 1 aromatic heterocycles. The molecular weight excluding hydrogens is 416 g/mol. The average molecular weight is 439 g/mol. The first-order chi connectivity index (χ1) is 15.4. The molecule has 1 amide bonds. The maximum Gasteiger partial charge on any atom is 0.219 e. The number of hydrogen-bond donors (Lipinski definition) is 1. The lowest BCUT2D eigenvalue weighted by Crippen LogP contribution is -2.35. The summed E-state index contributed by atoms with van der Waals surface area (Å²) in [7, 11) is 1.58. The number of benzene rings is 2. The van der Waals surface area contributed by atoms with E-state index in [1.54, 1.807) is 16.7 Å². The summed E-state index contributed by atoms with van der Waals surface area (Å²) in [6.07, 6.45) is -0.314. The van der Waals surface area contributed by atoms with E-state index in [9.17, 15) is 18.7 Å². The van der Waals surface area contributed by atoms with Gasteiger partial charge < -0.3 is 14.7 Å². The minimum atomic E-state index is -0.936. The van der Waals surface area contributed by atoms with Gasteiger partial charge in [-0.1, -0.05) is 12.1 Å². The number of amides is 1. The quantitative estimate of drug-likeness (QED) is 0.681. The molecule has 1 N–H and O–H groups in total. The number of rotatable bonds is 3. The molecular formula is C24H23F2N3O3. The third-order valence-electron chi connectivity index (χ3n) is 6.43. The number of hydrogen-bond acceptors (Lipinski definition) is 4. The minimum Gasteiger partial charge on any atom is -0.497 e. The fourth-order valence-electron chi connectivity index (χ4n) is 4.87. The van der Waals surface area contributed by atoms with Gasteiger partial charge in [0.2, 0.25) is 5.91 Å². The van der Waals surface area contributed by atoms with Crippen LogP contribution in [0.2, 0.25) is 0 Å². The maximum atomic E-state index is 14.4. The average Bonchev–Trinajstić information content (AvgIpc) is 3.30.